The van der Waals surface area contributed by atoms with Crippen molar-refractivity contribution in [2.75, 3.05) is 13.2 Å². The van der Waals surface area contributed by atoms with Crippen LogP contribution in [0, 0.1) is 0 Å². The van der Waals surface area contributed by atoms with Crippen molar-refractivity contribution in [3.8, 4) is 11.1 Å². The Morgan fingerprint density at radius 3 is 2.00 bits per heavy atom. The van der Waals surface area contributed by atoms with Crippen molar-refractivity contribution in [1.82, 2.24) is 4.72 Å². The Kier molecular flexibility index (Phi) is 6.14. The highest BCUT2D eigenvalue weighted by atomic mass is 79.9. The van der Waals surface area contributed by atoms with Gasteiger partial charge in [0.05, 0.1) is 4.90 Å². The fourth-order valence-corrected chi connectivity index (χ4v) is 3.33. The van der Waals surface area contributed by atoms with Crippen molar-refractivity contribution >= 4 is 26.0 Å². The average molecular weight is 384 g/mol. The first-order chi connectivity index (χ1) is 10.5. The van der Waals surface area contributed by atoms with Crippen LogP contribution in [0.1, 0.15) is 12.8 Å². The van der Waals surface area contributed by atoms with E-state index in [-0.39, 0.29) is 11.5 Å². The van der Waals surface area contributed by atoms with Crippen molar-refractivity contribution in [1.29, 1.82) is 0 Å². The molecular formula is C16H18BrNO3S. The molecule has 0 heterocycles. The summed E-state index contributed by atoms with van der Waals surface area (Å²) in [6.07, 6.45) is 1.21. The van der Waals surface area contributed by atoms with Gasteiger partial charge in [-0.25, -0.2) is 13.1 Å². The van der Waals surface area contributed by atoms with Crippen LogP contribution in [0.2, 0.25) is 0 Å². The van der Waals surface area contributed by atoms with Crippen molar-refractivity contribution in [2.24, 2.45) is 0 Å². The first-order valence-corrected chi connectivity index (χ1v) is 9.27. The smallest absolute Gasteiger partial charge is 0.240 e. The SMILES string of the molecule is O=S(=O)(NCCCCO)c1ccc(-c2ccc(Br)cc2)cc1. The van der Waals surface area contributed by atoms with Gasteiger partial charge in [-0.1, -0.05) is 40.2 Å². The fraction of sp³-hybridized carbons (Fsp3) is 0.250. The molecule has 0 atom stereocenters. The molecule has 0 amide bonds. The monoisotopic (exact) mass is 383 g/mol. The molecule has 2 rings (SSSR count). The predicted octanol–water partition coefficient (Wildman–Crippen LogP) is 3.17. The zero-order chi connectivity index (χ0) is 16.0. The summed E-state index contributed by atoms with van der Waals surface area (Å²) < 4.78 is 27.8. The Morgan fingerprint density at radius 1 is 0.909 bits per heavy atom. The molecule has 0 saturated carbocycles. The van der Waals surface area contributed by atoms with Gasteiger partial charge in [-0.3, -0.25) is 0 Å². The quantitative estimate of drug-likeness (QED) is 0.721. The van der Waals surface area contributed by atoms with E-state index < -0.39 is 10.0 Å². The second-order valence-corrected chi connectivity index (χ2v) is 7.54. The lowest BCUT2D eigenvalue weighted by Crippen LogP contribution is -2.24. The fourth-order valence-electron chi connectivity index (χ4n) is 2.00. The van der Waals surface area contributed by atoms with Gasteiger partial charge >= 0.3 is 0 Å². The number of sulfonamides is 1. The van der Waals surface area contributed by atoms with Crippen LogP contribution in [-0.2, 0) is 10.0 Å². The third-order valence-electron chi connectivity index (χ3n) is 3.22. The minimum absolute atomic E-state index is 0.0730. The van der Waals surface area contributed by atoms with Gasteiger partial charge < -0.3 is 5.11 Å². The number of unbranched alkanes of at least 4 members (excludes halogenated alkanes) is 1. The maximum absolute atomic E-state index is 12.1. The second kappa shape index (κ2) is 7.87. The normalized spacial score (nSPS) is 11.5. The molecule has 0 spiro atoms. The van der Waals surface area contributed by atoms with Gasteiger partial charge in [0, 0.05) is 17.6 Å². The van der Waals surface area contributed by atoms with E-state index in [0.717, 1.165) is 15.6 Å². The van der Waals surface area contributed by atoms with Gasteiger partial charge in [0.2, 0.25) is 10.0 Å². The minimum atomic E-state index is -3.49. The number of aliphatic hydroxyl groups excluding tert-OH is 1. The van der Waals surface area contributed by atoms with Gasteiger partial charge in [0.1, 0.15) is 0 Å². The van der Waals surface area contributed by atoms with E-state index in [0.29, 0.717) is 19.4 Å². The number of hydrogen-bond acceptors (Lipinski definition) is 3. The Bertz CT molecular complexity index is 697. The van der Waals surface area contributed by atoms with E-state index in [4.69, 9.17) is 5.11 Å². The van der Waals surface area contributed by atoms with E-state index in [1.165, 1.54) is 0 Å². The van der Waals surface area contributed by atoms with E-state index in [1.54, 1.807) is 24.3 Å². The lowest BCUT2D eigenvalue weighted by molar-refractivity contribution is 0.285. The van der Waals surface area contributed by atoms with Crippen molar-refractivity contribution in [2.45, 2.75) is 17.7 Å². The standard InChI is InChI=1S/C16H18BrNO3S/c17-15-7-3-13(4-8-15)14-5-9-16(10-6-14)22(20,21)18-11-1-2-12-19/h3-10,18-19H,1-2,11-12H2. The molecule has 22 heavy (non-hydrogen) atoms. The molecule has 0 radical (unpaired) electrons. The van der Waals surface area contributed by atoms with Crippen LogP contribution in [0.15, 0.2) is 57.9 Å². The summed E-state index contributed by atoms with van der Waals surface area (Å²) in [6, 6.07) is 14.6. The van der Waals surface area contributed by atoms with Crippen molar-refractivity contribution in [3.05, 3.63) is 53.0 Å². The molecule has 0 aliphatic heterocycles. The van der Waals surface area contributed by atoms with Crippen LogP contribution >= 0.6 is 15.9 Å². The first-order valence-electron chi connectivity index (χ1n) is 6.99. The van der Waals surface area contributed by atoms with Crippen LogP contribution in [0.3, 0.4) is 0 Å². The minimum Gasteiger partial charge on any atom is -0.396 e. The summed E-state index contributed by atoms with van der Waals surface area (Å²) in [5.41, 5.74) is 2.00. The number of hydrogen-bond donors (Lipinski definition) is 2. The van der Waals surface area contributed by atoms with Crippen LogP contribution in [0.25, 0.3) is 11.1 Å². The number of benzene rings is 2. The summed E-state index contributed by atoms with van der Waals surface area (Å²) >= 11 is 3.39. The number of rotatable bonds is 7. The molecule has 2 N–H and O–H groups in total. The molecule has 0 bridgehead atoms. The Morgan fingerprint density at radius 2 is 1.45 bits per heavy atom. The van der Waals surface area contributed by atoms with Crippen molar-refractivity contribution in [3.63, 3.8) is 0 Å². The summed E-state index contributed by atoms with van der Waals surface area (Å²) in [6.45, 7) is 0.404. The van der Waals surface area contributed by atoms with Gasteiger partial charge in [-0.2, -0.15) is 0 Å². The molecule has 0 saturated heterocycles. The molecule has 4 nitrogen and oxygen atoms in total. The molecule has 0 aromatic heterocycles. The van der Waals surface area contributed by atoms with Gasteiger partial charge in [-0.05, 0) is 48.2 Å². The molecule has 0 aliphatic carbocycles. The topological polar surface area (TPSA) is 66.4 Å². The Balaban J connectivity index is 2.09. The first kappa shape index (κ1) is 17.1. The van der Waals surface area contributed by atoms with Gasteiger partial charge in [-0.15, -0.1) is 0 Å². The zero-order valence-corrected chi connectivity index (χ0v) is 14.4. The van der Waals surface area contributed by atoms with Gasteiger partial charge in [0.15, 0.2) is 0 Å². The molecule has 0 unspecified atom stereocenters. The van der Waals surface area contributed by atoms with E-state index in [9.17, 15) is 8.42 Å². The van der Waals surface area contributed by atoms with Crippen LogP contribution in [0.5, 0.6) is 0 Å². The summed E-state index contributed by atoms with van der Waals surface area (Å²) in [7, 11) is -3.49. The number of nitrogens with one attached hydrogen (secondary N) is 1. The summed E-state index contributed by atoms with van der Waals surface area (Å²) in [5.74, 6) is 0. The molecular weight excluding hydrogens is 366 g/mol. The maximum Gasteiger partial charge on any atom is 0.240 e. The molecule has 2 aromatic carbocycles. The van der Waals surface area contributed by atoms with E-state index >= 15 is 0 Å². The second-order valence-electron chi connectivity index (χ2n) is 4.86. The maximum atomic E-state index is 12.1. The number of aliphatic hydroxyl groups is 1. The van der Waals surface area contributed by atoms with Crippen LogP contribution in [-0.4, -0.2) is 26.7 Å². The lowest BCUT2D eigenvalue weighted by Gasteiger charge is -2.08. The largest absolute Gasteiger partial charge is 0.396 e. The Labute approximate surface area is 139 Å². The predicted molar refractivity (Wildman–Crippen MR) is 91.1 cm³/mol. The Hall–Kier alpha value is -1.21. The molecule has 6 heteroatoms. The van der Waals surface area contributed by atoms with Gasteiger partial charge in [0.25, 0.3) is 0 Å². The van der Waals surface area contributed by atoms with Crippen LogP contribution in [0.4, 0.5) is 0 Å². The lowest BCUT2D eigenvalue weighted by atomic mass is 10.1. The highest BCUT2D eigenvalue weighted by Gasteiger charge is 2.13. The third-order valence-corrected chi connectivity index (χ3v) is 5.22. The molecule has 2 aromatic rings. The summed E-state index contributed by atoms with van der Waals surface area (Å²) in [5, 5.41) is 8.69. The van der Waals surface area contributed by atoms with Crippen molar-refractivity contribution < 1.29 is 13.5 Å². The van der Waals surface area contributed by atoms with Crippen LogP contribution < -0.4 is 4.72 Å². The summed E-state index contributed by atoms with van der Waals surface area (Å²) in [4.78, 5) is 0.248. The molecule has 0 aliphatic rings. The van der Waals surface area contributed by atoms with E-state index in [2.05, 4.69) is 20.7 Å². The van der Waals surface area contributed by atoms with E-state index in [1.807, 2.05) is 24.3 Å². The molecule has 118 valence electrons. The number of halogens is 1. The highest BCUT2D eigenvalue weighted by molar-refractivity contribution is 9.10. The highest BCUT2D eigenvalue weighted by Crippen LogP contribution is 2.23. The molecule has 0 fully saturated rings. The third kappa shape index (κ3) is 4.64. The average Bonchev–Trinajstić information content (AvgIpc) is 2.52. The zero-order valence-electron chi connectivity index (χ0n) is 12.0.